The van der Waals surface area contributed by atoms with Gasteiger partial charge in [-0.25, -0.2) is 4.98 Å². The first kappa shape index (κ1) is 17.3. The molecule has 0 aromatic carbocycles. The van der Waals surface area contributed by atoms with Gasteiger partial charge in [-0.2, -0.15) is 0 Å². The molecule has 0 aliphatic carbocycles. The van der Waals surface area contributed by atoms with E-state index in [9.17, 15) is 4.79 Å². The first-order chi connectivity index (χ1) is 13.2. The summed E-state index contributed by atoms with van der Waals surface area (Å²) in [6.45, 7) is 1.24. The second kappa shape index (κ2) is 7.22. The molecule has 1 aliphatic rings. The smallest absolute Gasteiger partial charge is 0.250 e. The van der Waals surface area contributed by atoms with Gasteiger partial charge in [0.05, 0.1) is 54.4 Å². The zero-order chi connectivity index (χ0) is 18.8. The summed E-state index contributed by atoms with van der Waals surface area (Å²) in [5, 5.41) is 0. The summed E-state index contributed by atoms with van der Waals surface area (Å²) >= 11 is 0. The minimum absolute atomic E-state index is 0.211. The van der Waals surface area contributed by atoms with Crippen molar-refractivity contribution in [2.24, 2.45) is 5.73 Å². The fourth-order valence-electron chi connectivity index (χ4n) is 2.91. The van der Waals surface area contributed by atoms with Gasteiger partial charge in [0.1, 0.15) is 12.4 Å². The molecule has 140 valence electrons. The number of ether oxygens (including phenoxy) is 4. The number of nitrogens with zero attached hydrogens (tertiary/aromatic N) is 2. The largest absolute Gasteiger partial charge is 0.485 e. The van der Waals surface area contributed by atoms with Crippen LogP contribution in [0.3, 0.4) is 0 Å². The standard InChI is InChI=1S/C18H18N4O5/c1-24-15-7-12(18-25-4-5-26-18)14(8-21-15)27-9-10-6-13-16(22-10)11(17(19)23)2-3-20-13/h2-3,6-8,18,22H,4-5,9H2,1H3,(H2,19,23). The maximum Gasteiger partial charge on any atom is 0.250 e. The zero-order valence-electron chi connectivity index (χ0n) is 14.6. The zero-order valence-corrected chi connectivity index (χ0v) is 14.6. The van der Waals surface area contributed by atoms with E-state index in [-0.39, 0.29) is 6.61 Å². The molecule has 3 N–H and O–H groups in total. The highest BCUT2D eigenvalue weighted by Gasteiger charge is 2.24. The molecule has 4 rings (SSSR count). The van der Waals surface area contributed by atoms with Gasteiger partial charge < -0.3 is 29.7 Å². The van der Waals surface area contributed by atoms with Crippen LogP contribution in [0.2, 0.25) is 0 Å². The molecule has 0 unspecified atom stereocenters. The van der Waals surface area contributed by atoms with E-state index in [0.717, 1.165) is 5.69 Å². The second-order valence-corrected chi connectivity index (χ2v) is 5.90. The van der Waals surface area contributed by atoms with Crippen molar-refractivity contribution >= 4 is 16.9 Å². The Labute approximate surface area is 154 Å². The van der Waals surface area contributed by atoms with E-state index in [1.165, 1.54) is 7.11 Å². The molecule has 0 spiro atoms. The average molecular weight is 370 g/mol. The SMILES string of the molecule is COc1cc(C2OCCO2)c(OCc2cc3nccc(C(N)=O)c3[nH]2)cn1. The van der Waals surface area contributed by atoms with Gasteiger partial charge in [-0.15, -0.1) is 0 Å². The molecule has 4 heterocycles. The normalized spacial score (nSPS) is 14.6. The number of H-pyrrole nitrogens is 1. The van der Waals surface area contributed by atoms with Gasteiger partial charge >= 0.3 is 0 Å². The predicted molar refractivity (Wildman–Crippen MR) is 94.4 cm³/mol. The lowest BCUT2D eigenvalue weighted by atomic mass is 10.2. The molecule has 1 amide bonds. The first-order valence-electron chi connectivity index (χ1n) is 8.32. The fourth-order valence-corrected chi connectivity index (χ4v) is 2.91. The average Bonchev–Trinajstić information content (AvgIpc) is 3.35. The maximum atomic E-state index is 11.6. The number of carbonyl (C=O) groups is 1. The molecule has 0 radical (unpaired) electrons. The Balaban J connectivity index is 1.59. The quantitative estimate of drug-likeness (QED) is 0.677. The van der Waals surface area contributed by atoms with Gasteiger partial charge in [-0.05, 0) is 12.1 Å². The molecule has 9 nitrogen and oxygen atoms in total. The minimum Gasteiger partial charge on any atom is -0.485 e. The van der Waals surface area contributed by atoms with Crippen LogP contribution >= 0.6 is 0 Å². The Morgan fingerprint density at radius 3 is 2.89 bits per heavy atom. The number of hydrogen-bond acceptors (Lipinski definition) is 7. The van der Waals surface area contributed by atoms with E-state index in [1.807, 2.05) is 0 Å². The van der Waals surface area contributed by atoms with Crippen molar-refractivity contribution in [2.75, 3.05) is 20.3 Å². The van der Waals surface area contributed by atoms with Crippen LogP contribution in [-0.2, 0) is 16.1 Å². The number of carbonyl (C=O) groups excluding carboxylic acids is 1. The number of rotatable bonds is 6. The minimum atomic E-state index is -0.525. The number of methoxy groups -OCH3 is 1. The van der Waals surface area contributed by atoms with Gasteiger partial charge in [0.25, 0.3) is 5.91 Å². The van der Waals surface area contributed by atoms with Crippen LogP contribution in [0.4, 0.5) is 0 Å². The molecule has 0 atom stereocenters. The fraction of sp³-hybridized carbons (Fsp3) is 0.278. The van der Waals surface area contributed by atoms with Gasteiger partial charge in [-0.3, -0.25) is 9.78 Å². The number of aromatic amines is 1. The van der Waals surface area contributed by atoms with E-state index in [1.54, 1.807) is 30.6 Å². The molecule has 0 bridgehead atoms. The summed E-state index contributed by atoms with van der Waals surface area (Å²) in [7, 11) is 1.54. The van der Waals surface area contributed by atoms with Crippen LogP contribution in [0.1, 0.15) is 27.9 Å². The number of nitrogens with two attached hydrogens (primary N) is 1. The topological polar surface area (TPSA) is 122 Å². The summed E-state index contributed by atoms with van der Waals surface area (Å²) in [5.41, 5.74) is 8.45. The molecule has 3 aromatic heterocycles. The molecule has 0 saturated carbocycles. The second-order valence-electron chi connectivity index (χ2n) is 5.90. The van der Waals surface area contributed by atoms with Crippen LogP contribution < -0.4 is 15.2 Å². The van der Waals surface area contributed by atoms with Crippen LogP contribution in [0.15, 0.2) is 30.6 Å². The van der Waals surface area contributed by atoms with Crippen molar-refractivity contribution in [3.8, 4) is 11.6 Å². The van der Waals surface area contributed by atoms with Crippen LogP contribution in [0.5, 0.6) is 11.6 Å². The highest BCUT2D eigenvalue weighted by molar-refractivity contribution is 6.03. The first-order valence-corrected chi connectivity index (χ1v) is 8.32. The van der Waals surface area contributed by atoms with Crippen molar-refractivity contribution in [1.82, 2.24) is 15.0 Å². The van der Waals surface area contributed by atoms with E-state index in [2.05, 4.69) is 15.0 Å². The third kappa shape index (κ3) is 3.42. The molecule has 1 fully saturated rings. The summed E-state index contributed by atoms with van der Waals surface area (Å²) in [4.78, 5) is 23.1. The van der Waals surface area contributed by atoms with Crippen molar-refractivity contribution in [1.29, 1.82) is 0 Å². The maximum absolute atomic E-state index is 11.6. The summed E-state index contributed by atoms with van der Waals surface area (Å²) < 4.78 is 22.2. The number of hydrogen-bond donors (Lipinski definition) is 2. The van der Waals surface area contributed by atoms with Crippen LogP contribution in [-0.4, -0.2) is 41.2 Å². The monoisotopic (exact) mass is 370 g/mol. The summed E-state index contributed by atoms with van der Waals surface area (Å²) in [6.07, 6.45) is 2.58. The number of amides is 1. The molecule has 1 aliphatic heterocycles. The Kier molecular flexibility index (Phi) is 4.61. The molecule has 1 saturated heterocycles. The van der Waals surface area contributed by atoms with E-state index in [4.69, 9.17) is 24.7 Å². The highest BCUT2D eigenvalue weighted by Crippen LogP contribution is 2.33. The molecular formula is C18H18N4O5. The van der Waals surface area contributed by atoms with Gasteiger partial charge in [0, 0.05) is 12.3 Å². The van der Waals surface area contributed by atoms with Crippen molar-refractivity contribution < 1.29 is 23.7 Å². The summed E-state index contributed by atoms with van der Waals surface area (Å²) in [5.74, 6) is 0.440. The Hall–Kier alpha value is -3.17. The third-order valence-corrected chi connectivity index (χ3v) is 4.18. The van der Waals surface area contributed by atoms with Gasteiger partial charge in [0.2, 0.25) is 5.88 Å². The lowest BCUT2D eigenvalue weighted by molar-refractivity contribution is -0.0461. The molecular weight excluding hydrogens is 352 g/mol. The number of nitrogens with one attached hydrogen (secondary N) is 1. The Morgan fingerprint density at radius 2 is 2.15 bits per heavy atom. The predicted octanol–water partition coefficient (Wildman–Crippen LogP) is 1.69. The summed E-state index contributed by atoms with van der Waals surface area (Å²) in [6, 6.07) is 5.11. The third-order valence-electron chi connectivity index (χ3n) is 4.18. The molecule has 9 heteroatoms. The van der Waals surface area contributed by atoms with E-state index in [0.29, 0.717) is 47.0 Å². The number of pyridine rings is 2. The molecule has 27 heavy (non-hydrogen) atoms. The lowest BCUT2D eigenvalue weighted by Crippen LogP contribution is -2.11. The lowest BCUT2D eigenvalue weighted by Gasteiger charge is -2.15. The van der Waals surface area contributed by atoms with Crippen LogP contribution in [0, 0.1) is 0 Å². The van der Waals surface area contributed by atoms with E-state index >= 15 is 0 Å². The van der Waals surface area contributed by atoms with Crippen molar-refractivity contribution in [3.05, 3.63) is 47.4 Å². The Morgan fingerprint density at radius 1 is 1.33 bits per heavy atom. The van der Waals surface area contributed by atoms with E-state index < -0.39 is 12.2 Å². The number of fused-ring (bicyclic) bond motifs is 1. The van der Waals surface area contributed by atoms with Gasteiger partial charge in [0.15, 0.2) is 6.29 Å². The Bertz CT molecular complexity index is 981. The van der Waals surface area contributed by atoms with Crippen molar-refractivity contribution in [3.63, 3.8) is 0 Å². The molecule has 3 aromatic rings. The highest BCUT2D eigenvalue weighted by atomic mass is 16.7. The van der Waals surface area contributed by atoms with Crippen molar-refractivity contribution in [2.45, 2.75) is 12.9 Å². The van der Waals surface area contributed by atoms with Crippen LogP contribution in [0.25, 0.3) is 11.0 Å². The van der Waals surface area contributed by atoms with Gasteiger partial charge in [-0.1, -0.05) is 0 Å². The number of aromatic nitrogens is 3. The number of primary amides is 1.